The van der Waals surface area contributed by atoms with Gasteiger partial charge < -0.3 is 9.64 Å². The van der Waals surface area contributed by atoms with Crippen molar-refractivity contribution >= 4 is 5.91 Å². The van der Waals surface area contributed by atoms with E-state index in [0.29, 0.717) is 11.8 Å². The van der Waals surface area contributed by atoms with Gasteiger partial charge >= 0.3 is 0 Å². The van der Waals surface area contributed by atoms with Crippen LogP contribution in [0.2, 0.25) is 0 Å². The molecule has 0 spiro atoms. The molecule has 1 aromatic rings. The Labute approximate surface area is 159 Å². The molecule has 0 aliphatic carbocycles. The maximum atomic E-state index is 13.1. The van der Waals surface area contributed by atoms with Gasteiger partial charge in [0, 0.05) is 38.3 Å². The Hall–Kier alpha value is -1.39. The van der Waals surface area contributed by atoms with Crippen LogP contribution in [0.3, 0.4) is 0 Å². The molecule has 2 rings (SSSR count). The van der Waals surface area contributed by atoms with E-state index in [1.165, 1.54) is 5.56 Å². The maximum Gasteiger partial charge on any atom is 0.253 e. The molecule has 1 saturated heterocycles. The molecule has 4 nitrogen and oxygen atoms in total. The molecule has 1 amide bonds. The number of ether oxygens (including phenoxy) is 1. The van der Waals surface area contributed by atoms with Crippen LogP contribution in [0.4, 0.5) is 0 Å². The Morgan fingerprint density at radius 1 is 1.08 bits per heavy atom. The van der Waals surface area contributed by atoms with E-state index in [2.05, 4.69) is 44.7 Å². The second-order valence-electron chi connectivity index (χ2n) is 8.25. The molecule has 0 radical (unpaired) electrons. The zero-order valence-electron chi connectivity index (χ0n) is 17.0. The van der Waals surface area contributed by atoms with Crippen LogP contribution >= 0.6 is 0 Å². The minimum absolute atomic E-state index is 0.176. The molecule has 0 aromatic heterocycles. The summed E-state index contributed by atoms with van der Waals surface area (Å²) in [6, 6.07) is 8.18. The lowest BCUT2D eigenvalue weighted by atomic mass is 10.1. The average molecular weight is 361 g/mol. The maximum absolute atomic E-state index is 13.1. The van der Waals surface area contributed by atoms with Gasteiger partial charge in [0.2, 0.25) is 0 Å². The molecule has 4 heteroatoms. The SMILES string of the molecule is CC(C)CCN(CCC(C)C)C(=O)c1cccc(CN2CCOCC2)c1. The third-order valence-electron chi connectivity index (χ3n) is 4.92. The van der Waals surface area contributed by atoms with E-state index in [9.17, 15) is 4.79 Å². The van der Waals surface area contributed by atoms with Crippen LogP contribution < -0.4 is 0 Å². The second-order valence-corrected chi connectivity index (χ2v) is 8.25. The molecule has 1 aliphatic heterocycles. The van der Waals surface area contributed by atoms with E-state index in [0.717, 1.165) is 64.3 Å². The number of carbonyl (C=O) groups excluding carboxylic acids is 1. The van der Waals surface area contributed by atoms with E-state index in [1.807, 2.05) is 17.0 Å². The van der Waals surface area contributed by atoms with Gasteiger partial charge in [0.15, 0.2) is 0 Å². The van der Waals surface area contributed by atoms with Gasteiger partial charge in [-0.1, -0.05) is 39.8 Å². The van der Waals surface area contributed by atoms with Gasteiger partial charge in [-0.25, -0.2) is 0 Å². The Kier molecular flexibility index (Phi) is 8.60. The minimum Gasteiger partial charge on any atom is -0.379 e. The summed E-state index contributed by atoms with van der Waals surface area (Å²) in [4.78, 5) is 17.5. The molecular formula is C22H36N2O2. The van der Waals surface area contributed by atoms with E-state index >= 15 is 0 Å². The second kappa shape index (κ2) is 10.7. The number of morpholine rings is 1. The van der Waals surface area contributed by atoms with Crippen molar-refractivity contribution in [1.82, 2.24) is 9.80 Å². The highest BCUT2D eigenvalue weighted by Crippen LogP contribution is 2.14. The Morgan fingerprint density at radius 2 is 1.69 bits per heavy atom. The van der Waals surface area contributed by atoms with Crippen molar-refractivity contribution in [2.75, 3.05) is 39.4 Å². The fourth-order valence-electron chi connectivity index (χ4n) is 3.15. The number of rotatable bonds is 9. The number of nitrogens with zero attached hydrogens (tertiary/aromatic N) is 2. The van der Waals surface area contributed by atoms with Gasteiger partial charge in [-0.05, 0) is 42.4 Å². The lowest BCUT2D eigenvalue weighted by molar-refractivity contribution is 0.0341. The predicted molar refractivity (Wildman–Crippen MR) is 107 cm³/mol. The fraction of sp³-hybridized carbons (Fsp3) is 0.682. The zero-order chi connectivity index (χ0) is 18.9. The molecule has 1 aromatic carbocycles. The lowest BCUT2D eigenvalue weighted by Crippen LogP contribution is -2.36. The molecule has 1 fully saturated rings. The molecule has 0 atom stereocenters. The predicted octanol–water partition coefficient (Wildman–Crippen LogP) is 4.05. The monoisotopic (exact) mass is 360 g/mol. The van der Waals surface area contributed by atoms with Crippen molar-refractivity contribution in [3.05, 3.63) is 35.4 Å². The van der Waals surface area contributed by atoms with Crippen molar-refractivity contribution in [2.24, 2.45) is 11.8 Å². The van der Waals surface area contributed by atoms with E-state index in [4.69, 9.17) is 4.74 Å². The van der Waals surface area contributed by atoms with Crippen molar-refractivity contribution in [3.8, 4) is 0 Å². The van der Waals surface area contributed by atoms with Gasteiger partial charge in [-0.3, -0.25) is 9.69 Å². The van der Waals surface area contributed by atoms with Crippen LogP contribution in [-0.4, -0.2) is 55.1 Å². The summed E-state index contributed by atoms with van der Waals surface area (Å²) in [6.45, 7) is 15.0. The lowest BCUT2D eigenvalue weighted by Gasteiger charge is -2.27. The highest BCUT2D eigenvalue weighted by Gasteiger charge is 2.18. The van der Waals surface area contributed by atoms with Crippen LogP contribution in [0.25, 0.3) is 0 Å². The quantitative estimate of drug-likeness (QED) is 0.666. The highest BCUT2D eigenvalue weighted by atomic mass is 16.5. The number of hydrogen-bond acceptors (Lipinski definition) is 3. The van der Waals surface area contributed by atoms with Crippen LogP contribution in [0.5, 0.6) is 0 Å². The molecule has 0 N–H and O–H groups in total. The molecule has 0 unspecified atom stereocenters. The average Bonchev–Trinajstić information content (AvgIpc) is 2.62. The summed E-state index contributed by atoms with van der Waals surface area (Å²) in [7, 11) is 0. The van der Waals surface area contributed by atoms with Crippen molar-refractivity contribution in [1.29, 1.82) is 0 Å². The third-order valence-corrected chi connectivity index (χ3v) is 4.92. The first-order valence-corrected chi connectivity index (χ1v) is 10.1. The van der Waals surface area contributed by atoms with E-state index in [1.54, 1.807) is 0 Å². The standard InChI is InChI=1S/C22H36N2O2/c1-18(2)8-10-24(11-9-19(3)4)22(25)21-7-5-6-20(16-21)17-23-12-14-26-15-13-23/h5-7,16,18-19H,8-15,17H2,1-4H3. The molecule has 146 valence electrons. The first kappa shape index (κ1) is 20.9. The first-order chi connectivity index (χ1) is 12.5. The van der Waals surface area contributed by atoms with Gasteiger partial charge in [-0.2, -0.15) is 0 Å². The number of carbonyl (C=O) groups is 1. The Bertz CT molecular complexity index is 539. The van der Waals surface area contributed by atoms with Crippen LogP contribution in [0.1, 0.15) is 56.5 Å². The molecule has 1 heterocycles. The van der Waals surface area contributed by atoms with E-state index in [-0.39, 0.29) is 5.91 Å². The van der Waals surface area contributed by atoms with E-state index < -0.39 is 0 Å². The van der Waals surface area contributed by atoms with Gasteiger partial charge in [0.1, 0.15) is 0 Å². The summed E-state index contributed by atoms with van der Waals surface area (Å²) in [6.07, 6.45) is 2.11. The summed E-state index contributed by atoms with van der Waals surface area (Å²) in [5, 5.41) is 0. The zero-order valence-corrected chi connectivity index (χ0v) is 17.0. The van der Waals surface area contributed by atoms with Gasteiger partial charge in [0.05, 0.1) is 13.2 Å². The highest BCUT2D eigenvalue weighted by molar-refractivity contribution is 5.94. The molecule has 1 aliphatic rings. The molecule has 0 bridgehead atoms. The van der Waals surface area contributed by atoms with Crippen molar-refractivity contribution in [3.63, 3.8) is 0 Å². The summed E-state index contributed by atoms with van der Waals surface area (Å²) >= 11 is 0. The minimum atomic E-state index is 0.176. The van der Waals surface area contributed by atoms with Gasteiger partial charge in [0.25, 0.3) is 5.91 Å². The summed E-state index contributed by atoms with van der Waals surface area (Å²) in [5.41, 5.74) is 2.04. The third kappa shape index (κ3) is 7.08. The number of benzene rings is 1. The number of amides is 1. The summed E-state index contributed by atoms with van der Waals surface area (Å²) < 4.78 is 5.42. The Balaban J connectivity index is 2.04. The van der Waals surface area contributed by atoms with Crippen molar-refractivity contribution < 1.29 is 9.53 Å². The van der Waals surface area contributed by atoms with Crippen LogP contribution in [0.15, 0.2) is 24.3 Å². The fourth-order valence-corrected chi connectivity index (χ4v) is 3.15. The summed E-state index contributed by atoms with van der Waals surface area (Å²) in [5.74, 6) is 1.39. The van der Waals surface area contributed by atoms with Crippen molar-refractivity contribution in [2.45, 2.75) is 47.1 Å². The first-order valence-electron chi connectivity index (χ1n) is 10.1. The smallest absolute Gasteiger partial charge is 0.253 e. The number of hydrogen-bond donors (Lipinski definition) is 0. The van der Waals surface area contributed by atoms with Crippen LogP contribution in [-0.2, 0) is 11.3 Å². The largest absolute Gasteiger partial charge is 0.379 e. The Morgan fingerprint density at radius 3 is 2.27 bits per heavy atom. The molecule has 26 heavy (non-hydrogen) atoms. The molecule has 0 saturated carbocycles. The topological polar surface area (TPSA) is 32.8 Å². The molecular weight excluding hydrogens is 324 g/mol. The normalized spacial score (nSPS) is 15.6. The van der Waals surface area contributed by atoms with Crippen LogP contribution in [0, 0.1) is 11.8 Å². The van der Waals surface area contributed by atoms with Gasteiger partial charge in [-0.15, -0.1) is 0 Å².